The van der Waals surface area contributed by atoms with Gasteiger partial charge in [-0.3, -0.25) is 0 Å². The number of aliphatic hydroxyl groups is 1. The van der Waals surface area contributed by atoms with Crippen LogP contribution in [0.5, 0.6) is 0 Å². The van der Waals surface area contributed by atoms with Crippen molar-refractivity contribution in [2.75, 3.05) is 42.9 Å². The van der Waals surface area contributed by atoms with Gasteiger partial charge >= 0.3 is 6.09 Å². The summed E-state index contributed by atoms with van der Waals surface area (Å²) in [6.07, 6.45) is 3.10. The van der Waals surface area contributed by atoms with E-state index < -0.39 is 35.0 Å². The van der Waals surface area contributed by atoms with Crippen LogP contribution in [0.2, 0.25) is 0 Å². The summed E-state index contributed by atoms with van der Waals surface area (Å²) < 4.78 is 48.2. The summed E-state index contributed by atoms with van der Waals surface area (Å²) in [7, 11) is 0. The Hall–Kier alpha value is -2.30. The van der Waals surface area contributed by atoms with E-state index in [1.54, 1.807) is 20.8 Å². The van der Waals surface area contributed by atoms with Crippen LogP contribution in [-0.2, 0) is 4.74 Å². The molecule has 1 amide bonds. The molecule has 2 N–H and O–H groups in total. The molecule has 2 atom stereocenters. The van der Waals surface area contributed by atoms with E-state index in [1.807, 2.05) is 11.8 Å². The maximum atomic E-state index is 15.4. The van der Waals surface area contributed by atoms with Crippen molar-refractivity contribution in [3.05, 3.63) is 12.1 Å². The first-order valence-corrected chi connectivity index (χ1v) is 13.4. The van der Waals surface area contributed by atoms with Crippen molar-refractivity contribution in [2.45, 2.75) is 83.8 Å². The van der Waals surface area contributed by atoms with Gasteiger partial charge in [0.05, 0.1) is 12.6 Å². The van der Waals surface area contributed by atoms with Crippen LogP contribution in [0.1, 0.15) is 66.2 Å². The van der Waals surface area contributed by atoms with Crippen molar-refractivity contribution in [2.24, 2.45) is 17.3 Å². The quantitative estimate of drug-likeness (QED) is 0.532. The molecule has 2 saturated carbocycles. The van der Waals surface area contributed by atoms with Gasteiger partial charge in [0.1, 0.15) is 11.9 Å². The lowest BCUT2D eigenvalue weighted by molar-refractivity contribution is -0.0104. The van der Waals surface area contributed by atoms with Crippen molar-refractivity contribution in [3.8, 4) is 0 Å². The molecule has 0 unspecified atom stereocenters. The number of hydrogen-bond donors (Lipinski definition) is 2. The fourth-order valence-corrected chi connectivity index (χ4v) is 5.66. The zero-order valence-electron chi connectivity index (χ0n) is 22.3. The van der Waals surface area contributed by atoms with Gasteiger partial charge in [0, 0.05) is 43.9 Å². The molecule has 2 heterocycles. The number of aliphatic hydroxyl groups excluding tert-OH is 1. The largest absolute Gasteiger partial charge is 0.444 e. The molecule has 1 aromatic rings. The number of carbonyl (C=O) groups excluding carboxylic acids is 1. The van der Waals surface area contributed by atoms with Crippen LogP contribution >= 0.6 is 0 Å². The van der Waals surface area contributed by atoms with Crippen LogP contribution in [0.3, 0.4) is 0 Å². The van der Waals surface area contributed by atoms with Gasteiger partial charge in [-0.15, -0.1) is 0 Å². The summed E-state index contributed by atoms with van der Waals surface area (Å²) in [5.41, 5.74) is -1.40. The van der Waals surface area contributed by atoms with Gasteiger partial charge in [0.25, 0.3) is 5.92 Å². The summed E-state index contributed by atoms with van der Waals surface area (Å²) >= 11 is 0. The van der Waals surface area contributed by atoms with Gasteiger partial charge in [0.2, 0.25) is 5.82 Å². The van der Waals surface area contributed by atoms with Gasteiger partial charge in [-0.2, -0.15) is 4.39 Å². The summed E-state index contributed by atoms with van der Waals surface area (Å²) in [5.74, 6) is -2.79. The van der Waals surface area contributed by atoms with Crippen molar-refractivity contribution in [1.82, 2.24) is 14.9 Å². The molecule has 4 rings (SSSR count). The number of ether oxygens (including phenoxy) is 1. The normalized spacial score (nSPS) is 29.2. The number of carbonyl (C=O) groups is 1. The summed E-state index contributed by atoms with van der Waals surface area (Å²) in [4.78, 5) is 23.9. The van der Waals surface area contributed by atoms with Crippen LogP contribution in [0, 0.1) is 23.1 Å². The second-order valence-corrected chi connectivity index (χ2v) is 11.9. The number of aromatic nitrogens is 2. The van der Waals surface area contributed by atoms with E-state index in [-0.39, 0.29) is 36.4 Å². The Labute approximate surface area is 217 Å². The zero-order chi connectivity index (χ0) is 27.0. The van der Waals surface area contributed by atoms with E-state index in [0.717, 1.165) is 0 Å². The molecular weight excluding hydrogens is 487 g/mol. The maximum Gasteiger partial charge on any atom is 0.410 e. The Morgan fingerprint density at radius 3 is 2.51 bits per heavy atom. The third kappa shape index (κ3) is 6.23. The highest BCUT2D eigenvalue weighted by Crippen LogP contribution is 2.67. The third-order valence-corrected chi connectivity index (χ3v) is 8.11. The summed E-state index contributed by atoms with van der Waals surface area (Å²) in [5, 5.41) is 13.6. The molecule has 1 spiro atoms. The number of amides is 1. The molecule has 3 fully saturated rings. The lowest BCUT2D eigenvalue weighted by atomic mass is 9.79. The first kappa shape index (κ1) is 27.7. The number of likely N-dealkylation sites (tertiary alicyclic amines) is 1. The molecule has 1 aromatic heterocycles. The number of β-amino-alcohol motifs (C(OH)–C–C–N with tert-alkyl or cyclic N) is 1. The summed E-state index contributed by atoms with van der Waals surface area (Å²) in [6.45, 7) is 9.28. The molecule has 11 heteroatoms. The topological polar surface area (TPSA) is 90.8 Å². The molecular formula is C26H40F3N5O3. The first-order valence-electron chi connectivity index (χ1n) is 13.4. The fraction of sp³-hybridized carbons (Fsp3) is 0.808. The van der Waals surface area contributed by atoms with Crippen LogP contribution in [-0.4, -0.2) is 76.4 Å². The first-order chi connectivity index (χ1) is 17.3. The number of anilines is 2. The van der Waals surface area contributed by atoms with Crippen LogP contribution in [0.4, 0.5) is 29.6 Å². The third-order valence-electron chi connectivity index (χ3n) is 8.11. The Morgan fingerprint density at radius 2 is 1.95 bits per heavy atom. The van der Waals surface area contributed by atoms with Gasteiger partial charge in [-0.05, 0) is 65.7 Å². The molecule has 0 radical (unpaired) electrons. The number of piperidine rings is 1. The van der Waals surface area contributed by atoms with Crippen LogP contribution in [0.15, 0.2) is 6.33 Å². The highest BCUT2D eigenvalue weighted by atomic mass is 19.3. The lowest BCUT2D eigenvalue weighted by Gasteiger charge is -2.36. The van der Waals surface area contributed by atoms with E-state index in [2.05, 4.69) is 15.3 Å². The van der Waals surface area contributed by atoms with Crippen LogP contribution in [0.25, 0.3) is 0 Å². The SMILES string of the molecule is CCN(CC1CCC2(CC1)CC2(F)F)c1ncnc(NC[C@H]2CCN(C(=O)OC(C)(C)C)C[C@@H]2O)c1F. The Bertz CT molecular complexity index is 965. The second kappa shape index (κ2) is 10.5. The lowest BCUT2D eigenvalue weighted by Crippen LogP contribution is -2.49. The van der Waals surface area contributed by atoms with Crippen molar-refractivity contribution in [3.63, 3.8) is 0 Å². The van der Waals surface area contributed by atoms with Crippen LogP contribution < -0.4 is 10.2 Å². The smallest absolute Gasteiger partial charge is 0.410 e. The number of hydrogen-bond acceptors (Lipinski definition) is 7. The molecule has 37 heavy (non-hydrogen) atoms. The van der Waals surface area contributed by atoms with Crippen molar-refractivity contribution >= 4 is 17.7 Å². The molecule has 2 aliphatic carbocycles. The number of alkyl halides is 2. The van der Waals surface area contributed by atoms with Crippen molar-refractivity contribution < 1.29 is 27.8 Å². The standard InChI is InChI=1S/C26H40F3N5O3/c1-5-33(13-17-6-9-25(10-7-17)15-26(25,28)29)22-20(27)21(31-16-32-22)30-12-18-8-11-34(14-19(18)35)23(36)37-24(2,3)4/h16-19,35H,5-15H2,1-4H3,(H,30,31,32)/t17?,18-,19+,25?/m1/s1. The van der Waals surface area contributed by atoms with E-state index in [4.69, 9.17) is 4.74 Å². The maximum absolute atomic E-state index is 15.4. The molecule has 1 saturated heterocycles. The molecule has 208 valence electrons. The van der Waals surface area contributed by atoms with Crippen molar-refractivity contribution in [1.29, 1.82) is 0 Å². The van der Waals surface area contributed by atoms with E-state index in [0.29, 0.717) is 58.3 Å². The number of rotatable bonds is 7. The van der Waals surface area contributed by atoms with Gasteiger partial charge in [0.15, 0.2) is 11.6 Å². The molecule has 1 aliphatic heterocycles. The Morgan fingerprint density at radius 1 is 1.27 bits per heavy atom. The van der Waals surface area contributed by atoms with E-state index in [1.165, 1.54) is 11.2 Å². The molecule has 8 nitrogen and oxygen atoms in total. The van der Waals surface area contributed by atoms with E-state index >= 15 is 4.39 Å². The highest BCUT2D eigenvalue weighted by molar-refractivity contribution is 5.68. The fourth-order valence-electron chi connectivity index (χ4n) is 5.66. The molecule has 0 aromatic carbocycles. The predicted octanol–water partition coefficient (Wildman–Crippen LogP) is 4.69. The minimum absolute atomic E-state index is 0.00844. The number of nitrogens with one attached hydrogen (secondary N) is 1. The number of nitrogens with zero attached hydrogens (tertiary/aromatic N) is 4. The minimum Gasteiger partial charge on any atom is -0.444 e. The average molecular weight is 528 g/mol. The summed E-state index contributed by atoms with van der Waals surface area (Å²) in [6, 6.07) is 0. The Balaban J connectivity index is 1.31. The highest BCUT2D eigenvalue weighted by Gasteiger charge is 2.70. The monoisotopic (exact) mass is 527 g/mol. The van der Waals surface area contributed by atoms with Gasteiger partial charge in [-0.25, -0.2) is 23.5 Å². The predicted molar refractivity (Wildman–Crippen MR) is 134 cm³/mol. The van der Waals surface area contributed by atoms with Gasteiger partial charge < -0.3 is 25.0 Å². The number of halogens is 3. The molecule has 3 aliphatic rings. The molecule has 0 bridgehead atoms. The Kier molecular flexibility index (Phi) is 7.84. The zero-order valence-corrected chi connectivity index (χ0v) is 22.3. The van der Waals surface area contributed by atoms with E-state index in [9.17, 15) is 18.7 Å². The average Bonchev–Trinajstić information content (AvgIpc) is 3.36. The minimum atomic E-state index is -2.51. The van der Waals surface area contributed by atoms with Gasteiger partial charge in [-0.1, -0.05) is 0 Å². The second-order valence-electron chi connectivity index (χ2n) is 11.9.